The highest BCUT2D eigenvalue weighted by Gasteiger charge is 2.37. The van der Waals surface area contributed by atoms with E-state index in [1.807, 2.05) is 6.07 Å². The van der Waals surface area contributed by atoms with E-state index in [4.69, 9.17) is 4.74 Å². The summed E-state index contributed by atoms with van der Waals surface area (Å²) in [5.41, 5.74) is 1.33. The van der Waals surface area contributed by atoms with Gasteiger partial charge in [0.15, 0.2) is 0 Å². The van der Waals surface area contributed by atoms with Crippen molar-refractivity contribution in [3.63, 3.8) is 0 Å². The predicted octanol–water partition coefficient (Wildman–Crippen LogP) is 0.828. The van der Waals surface area contributed by atoms with Gasteiger partial charge in [-0.05, 0) is 18.5 Å². The van der Waals surface area contributed by atoms with E-state index in [0.29, 0.717) is 13.2 Å². The van der Waals surface area contributed by atoms with Crippen LogP contribution >= 0.6 is 0 Å². The van der Waals surface area contributed by atoms with Crippen LogP contribution in [0.2, 0.25) is 0 Å². The number of aliphatic hydroxyl groups is 1. The number of nitrogens with one attached hydrogen (secondary N) is 1. The lowest BCUT2D eigenvalue weighted by Gasteiger charge is -2.40. The van der Waals surface area contributed by atoms with Crippen LogP contribution in [0, 0.1) is 5.41 Å². The average Bonchev–Trinajstić information content (AvgIpc) is 2.29. The van der Waals surface area contributed by atoms with Gasteiger partial charge in [-0.25, -0.2) is 0 Å². The summed E-state index contributed by atoms with van der Waals surface area (Å²) in [6.07, 6.45) is 1.03. The highest BCUT2D eigenvalue weighted by atomic mass is 16.5. The van der Waals surface area contributed by atoms with Gasteiger partial charge in [0.25, 0.3) is 0 Å². The Hall–Kier alpha value is -0.900. The minimum Gasteiger partial charge on any atom is -0.396 e. The summed E-state index contributed by atoms with van der Waals surface area (Å²) in [4.78, 5) is 0. The molecule has 0 atom stereocenters. The van der Waals surface area contributed by atoms with E-state index in [-0.39, 0.29) is 12.0 Å². The van der Waals surface area contributed by atoms with Crippen molar-refractivity contribution in [2.45, 2.75) is 6.42 Å². The van der Waals surface area contributed by atoms with Gasteiger partial charge >= 0.3 is 0 Å². The quantitative estimate of drug-likeness (QED) is 0.699. The van der Waals surface area contributed by atoms with Crippen LogP contribution in [0.25, 0.3) is 0 Å². The molecule has 0 aromatic heterocycles. The third kappa shape index (κ3) is 2.82. The number of hydrogen-bond acceptors (Lipinski definition) is 3. The van der Waals surface area contributed by atoms with Gasteiger partial charge < -0.3 is 15.2 Å². The van der Waals surface area contributed by atoms with E-state index >= 15 is 0 Å². The molecule has 0 amide bonds. The van der Waals surface area contributed by atoms with Crippen LogP contribution in [0.4, 0.5) is 0 Å². The van der Waals surface area contributed by atoms with Crippen LogP contribution in [0.15, 0.2) is 30.3 Å². The number of benzene rings is 1. The Balaban J connectivity index is 1.65. The molecule has 1 fully saturated rings. The molecule has 0 unspecified atom stereocenters. The van der Waals surface area contributed by atoms with Gasteiger partial charge in [0.05, 0.1) is 25.2 Å². The molecule has 2 N–H and O–H groups in total. The lowest BCUT2D eigenvalue weighted by molar-refractivity contribution is -0.134. The largest absolute Gasteiger partial charge is 0.396 e. The Kier molecular flexibility index (Phi) is 3.93. The van der Waals surface area contributed by atoms with Gasteiger partial charge in [-0.2, -0.15) is 0 Å². The van der Waals surface area contributed by atoms with Crippen LogP contribution in [0.1, 0.15) is 5.56 Å². The molecule has 0 bridgehead atoms. The average molecular weight is 221 g/mol. The summed E-state index contributed by atoms with van der Waals surface area (Å²) in [5, 5.41) is 12.6. The minimum atomic E-state index is -0.0172. The lowest BCUT2D eigenvalue weighted by Crippen LogP contribution is -2.52. The van der Waals surface area contributed by atoms with E-state index in [0.717, 1.165) is 19.5 Å². The molecule has 0 aliphatic carbocycles. The molecule has 1 saturated heterocycles. The zero-order valence-corrected chi connectivity index (χ0v) is 9.48. The third-order valence-electron chi connectivity index (χ3n) is 3.09. The van der Waals surface area contributed by atoms with Crippen molar-refractivity contribution in [1.29, 1.82) is 0 Å². The second-order valence-corrected chi connectivity index (χ2v) is 4.56. The molecule has 1 aromatic carbocycles. The second-order valence-electron chi connectivity index (χ2n) is 4.56. The molecule has 1 aliphatic heterocycles. The highest BCUT2D eigenvalue weighted by Crippen LogP contribution is 2.25. The first-order valence-corrected chi connectivity index (χ1v) is 5.78. The Morgan fingerprint density at radius 1 is 1.25 bits per heavy atom. The molecule has 1 heterocycles. The maximum atomic E-state index is 9.23. The molecule has 88 valence electrons. The van der Waals surface area contributed by atoms with Crippen molar-refractivity contribution in [1.82, 2.24) is 5.32 Å². The molecule has 0 saturated carbocycles. The zero-order valence-electron chi connectivity index (χ0n) is 9.48. The van der Waals surface area contributed by atoms with Crippen molar-refractivity contribution in [2.24, 2.45) is 5.41 Å². The van der Waals surface area contributed by atoms with Crippen molar-refractivity contribution in [3.8, 4) is 0 Å². The summed E-state index contributed by atoms with van der Waals surface area (Å²) in [7, 11) is 0. The first kappa shape index (κ1) is 11.6. The molecule has 1 aliphatic rings. The van der Waals surface area contributed by atoms with Gasteiger partial charge in [-0.15, -0.1) is 0 Å². The van der Waals surface area contributed by atoms with Gasteiger partial charge in [-0.3, -0.25) is 0 Å². The topological polar surface area (TPSA) is 41.5 Å². The fourth-order valence-electron chi connectivity index (χ4n) is 1.87. The first-order chi connectivity index (χ1) is 7.85. The van der Waals surface area contributed by atoms with Gasteiger partial charge in [0, 0.05) is 6.54 Å². The van der Waals surface area contributed by atoms with Crippen LogP contribution in [-0.4, -0.2) is 38.0 Å². The number of ether oxygens (including phenoxy) is 1. The predicted molar refractivity (Wildman–Crippen MR) is 63.4 cm³/mol. The zero-order chi connectivity index (χ0) is 11.3. The van der Waals surface area contributed by atoms with E-state index in [1.165, 1.54) is 5.56 Å². The van der Waals surface area contributed by atoms with Crippen LogP contribution < -0.4 is 5.32 Å². The van der Waals surface area contributed by atoms with Crippen molar-refractivity contribution < 1.29 is 9.84 Å². The Morgan fingerprint density at radius 2 is 2.00 bits per heavy atom. The molecule has 2 rings (SSSR count). The molecule has 3 nitrogen and oxygen atoms in total. The molecule has 3 heteroatoms. The summed E-state index contributed by atoms with van der Waals surface area (Å²) in [6, 6.07) is 10.4. The van der Waals surface area contributed by atoms with Crippen LogP contribution in [0.5, 0.6) is 0 Å². The van der Waals surface area contributed by atoms with Gasteiger partial charge in [-0.1, -0.05) is 30.3 Å². The molecular weight excluding hydrogens is 202 g/mol. The minimum absolute atomic E-state index is 0.0172. The van der Waals surface area contributed by atoms with E-state index in [2.05, 4.69) is 29.6 Å². The maximum Gasteiger partial charge on any atom is 0.0579 e. The molecule has 0 spiro atoms. The van der Waals surface area contributed by atoms with Crippen molar-refractivity contribution >= 4 is 0 Å². The number of aliphatic hydroxyl groups excluding tert-OH is 1. The highest BCUT2D eigenvalue weighted by molar-refractivity contribution is 5.14. The Labute approximate surface area is 96.4 Å². The second kappa shape index (κ2) is 5.43. The van der Waals surface area contributed by atoms with E-state index in [1.54, 1.807) is 0 Å². The summed E-state index contributed by atoms with van der Waals surface area (Å²) < 4.78 is 5.14. The molecule has 0 radical (unpaired) electrons. The fourth-order valence-corrected chi connectivity index (χ4v) is 1.87. The smallest absolute Gasteiger partial charge is 0.0579 e. The van der Waals surface area contributed by atoms with Crippen LogP contribution in [-0.2, 0) is 11.2 Å². The fraction of sp³-hybridized carbons (Fsp3) is 0.538. The van der Waals surface area contributed by atoms with Crippen molar-refractivity contribution in [2.75, 3.05) is 32.9 Å². The first-order valence-electron chi connectivity index (χ1n) is 5.78. The molecule has 1 aromatic rings. The Morgan fingerprint density at radius 3 is 2.56 bits per heavy atom. The van der Waals surface area contributed by atoms with Gasteiger partial charge in [0.1, 0.15) is 0 Å². The van der Waals surface area contributed by atoms with Gasteiger partial charge in [0.2, 0.25) is 0 Å². The third-order valence-corrected chi connectivity index (χ3v) is 3.09. The monoisotopic (exact) mass is 221 g/mol. The SMILES string of the molecule is OCC1(CNCCc2ccccc2)COC1. The molecule has 16 heavy (non-hydrogen) atoms. The van der Waals surface area contributed by atoms with Crippen molar-refractivity contribution in [3.05, 3.63) is 35.9 Å². The number of rotatable bonds is 6. The summed E-state index contributed by atoms with van der Waals surface area (Å²) in [5.74, 6) is 0. The van der Waals surface area contributed by atoms with Crippen LogP contribution in [0.3, 0.4) is 0 Å². The molecular formula is C13H19NO2. The van der Waals surface area contributed by atoms with E-state index in [9.17, 15) is 5.11 Å². The normalized spacial score (nSPS) is 18.1. The Bertz CT molecular complexity index is 303. The van der Waals surface area contributed by atoms with E-state index < -0.39 is 0 Å². The number of hydrogen-bond donors (Lipinski definition) is 2. The maximum absolute atomic E-state index is 9.23. The lowest BCUT2D eigenvalue weighted by atomic mass is 9.87. The summed E-state index contributed by atoms with van der Waals surface area (Å²) >= 11 is 0. The standard InChI is InChI=1S/C13H19NO2/c15-9-13(10-16-11-13)8-14-7-6-12-4-2-1-3-5-12/h1-5,14-15H,6-11H2. The summed E-state index contributed by atoms with van der Waals surface area (Å²) in [6.45, 7) is 3.37.